The fourth-order valence-corrected chi connectivity index (χ4v) is 8.84. The molecule has 2 saturated heterocycles. The summed E-state index contributed by atoms with van der Waals surface area (Å²) < 4.78 is 29.4. The summed E-state index contributed by atoms with van der Waals surface area (Å²) in [5.74, 6) is 2.16. The second kappa shape index (κ2) is 16.3. The molecular weight excluding hydrogens is 729 g/mol. The van der Waals surface area contributed by atoms with Crippen LogP contribution in [0, 0.1) is 13.8 Å². The second-order valence-electron chi connectivity index (χ2n) is 15.3. The van der Waals surface area contributed by atoms with Crippen LogP contribution in [0.1, 0.15) is 52.8 Å². The molecule has 2 fully saturated rings. The van der Waals surface area contributed by atoms with E-state index in [1.165, 1.54) is 28.8 Å². The van der Waals surface area contributed by atoms with E-state index in [0.29, 0.717) is 29.1 Å². The van der Waals surface area contributed by atoms with E-state index in [2.05, 4.69) is 93.6 Å². The first-order chi connectivity index (χ1) is 27.6. The van der Waals surface area contributed by atoms with E-state index < -0.39 is 9.84 Å². The molecule has 0 spiro atoms. The van der Waals surface area contributed by atoms with Crippen molar-refractivity contribution in [1.29, 1.82) is 0 Å². The number of aromatic nitrogens is 2. The lowest BCUT2D eigenvalue weighted by Gasteiger charge is -2.22. The van der Waals surface area contributed by atoms with Crippen LogP contribution in [0.5, 0.6) is 11.5 Å². The lowest BCUT2D eigenvalue weighted by molar-refractivity contribution is 0.306. The molecule has 4 heterocycles. The van der Waals surface area contributed by atoms with E-state index in [0.717, 1.165) is 83.5 Å². The molecule has 290 valence electrons. The lowest BCUT2D eigenvalue weighted by Crippen LogP contribution is -2.20. The highest BCUT2D eigenvalue weighted by molar-refractivity contribution is 7.90. The number of benzene rings is 5. The molecule has 2 aromatic heterocycles. The molecule has 0 aliphatic carbocycles. The van der Waals surface area contributed by atoms with Crippen molar-refractivity contribution in [2.45, 2.75) is 50.0 Å². The minimum atomic E-state index is -3.20. The molecule has 0 amide bonds. The van der Waals surface area contributed by atoms with Crippen molar-refractivity contribution >= 4 is 43.0 Å². The summed E-state index contributed by atoms with van der Waals surface area (Å²) in [6.45, 7) is 8.48. The Morgan fingerprint density at radius 3 is 1.68 bits per heavy atom. The van der Waals surface area contributed by atoms with Crippen LogP contribution >= 0.6 is 0 Å². The van der Waals surface area contributed by atoms with Gasteiger partial charge in [-0.1, -0.05) is 72.8 Å². The molecule has 7 aromatic rings. The van der Waals surface area contributed by atoms with Crippen LogP contribution in [-0.4, -0.2) is 55.9 Å². The highest BCUT2D eigenvalue weighted by atomic mass is 32.2. The third-order valence-corrected chi connectivity index (χ3v) is 12.3. The third kappa shape index (κ3) is 8.74. The van der Waals surface area contributed by atoms with Gasteiger partial charge in [0.25, 0.3) is 0 Å². The van der Waals surface area contributed by atoms with Crippen LogP contribution in [0.4, 0.5) is 11.4 Å². The van der Waals surface area contributed by atoms with Crippen molar-refractivity contribution in [3.8, 4) is 11.5 Å². The Hall–Kier alpha value is -5.93. The highest BCUT2D eigenvalue weighted by Gasteiger charge is 2.27. The van der Waals surface area contributed by atoms with Crippen molar-refractivity contribution in [3.05, 3.63) is 162 Å². The van der Waals surface area contributed by atoms with Gasteiger partial charge < -0.3 is 19.6 Å². The fraction of sp³-hybridized carbons (Fsp3) is 0.250. The Balaban J connectivity index is 0.000000172. The van der Waals surface area contributed by atoms with Gasteiger partial charge in [0.05, 0.1) is 15.9 Å². The fourth-order valence-electron chi connectivity index (χ4n) is 8.21. The molecule has 2 atom stereocenters. The molecule has 2 aliphatic heterocycles. The quantitative estimate of drug-likeness (QED) is 0.163. The second-order valence-corrected chi connectivity index (χ2v) is 17.4. The van der Waals surface area contributed by atoms with Gasteiger partial charge >= 0.3 is 0 Å². The van der Waals surface area contributed by atoms with E-state index >= 15 is 0 Å². The minimum absolute atomic E-state index is 0.295. The Bertz CT molecular complexity index is 2620. The zero-order valence-corrected chi connectivity index (χ0v) is 33.5. The van der Waals surface area contributed by atoms with E-state index in [9.17, 15) is 13.5 Å². The number of ether oxygens (including phenoxy) is 1. The normalized spacial score (nSPS) is 16.8. The first-order valence-electron chi connectivity index (χ1n) is 19.6. The van der Waals surface area contributed by atoms with Crippen LogP contribution in [0.3, 0.4) is 0 Å². The van der Waals surface area contributed by atoms with Crippen molar-refractivity contribution in [1.82, 2.24) is 9.97 Å². The SMILES string of the molecule is Cc1cc(N2CCC(c3ccccc3)C2)c2cc(O)ccc2n1.Cc1cc(N2CCC(c3ccccc3)C2)c2cc(OCc3ccc(S(C)(=O)=O)cc3)ccc2n1. The maximum Gasteiger partial charge on any atom is 0.175 e. The minimum Gasteiger partial charge on any atom is -0.508 e. The summed E-state index contributed by atoms with van der Waals surface area (Å²) in [4.78, 5) is 14.5. The lowest BCUT2D eigenvalue weighted by atomic mass is 9.99. The summed E-state index contributed by atoms with van der Waals surface area (Å²) in [5, 5.41) is 12.0. The van der Waals surface area contributed by atoms with E-state index in [1.807, 2.05) is 38.1 Å². The number of hydrogen-bond acceptors (Lipinski definition) is 8. The Kier molecular flexibility index (Phi) is 10.8. The number of anilines is 2. The number of fused-ring (bicyclic) bond motifs is 2. The number of aromatic hydroxyl groups is 1. The number of nitrogens with zero attached hydrogens (tertiary/aromatic N) is 4. The average molecular weight is 777 g/mol. The van der Waals surface area contributed by atoms with Gasteiger partial charge in [-0.05, 0) is 104 Å². The van der Waals surface area contributed by atoms with Gasteiger partial charge in [-0.25, -0.2) is 8.42 Å². The molecular formula is C48H48N4O4S. The first-order valence-corrected chi connectivity index (χ1v) is 21.5. The molecule has 0 bridgehead atoms. The number of hydrogen-bond donors (Lipinski definition) is 1. The van der Waals surface area contributed by atoms with Crippen LogP contribution in [-0.2, 0) is 16.4 Å². The number of pyridine rings is 2. The Morgan fingerprint density at radius 2 is 1.16 bits per heavy atom. The number of sulfone groups is 1. The third-order valence-electron chi connectivity index (χ3n) is 11.1. The number of phenolic OH excluding ortho intramolecular Hbond substituents is 1. The standard InChI is InChI=1S/C28H28N2O3S.C20H20N2O/c1-20-16-28(30-15-14-23(18-30)22-6-4-3-5-7-22)26-17-24(10-13-27(26)29-20)33-19-21-8-11-25(12-9-21)34(2,31)32;1-14-11-20(18-12-17(23)7-8-19(18)21-14)22-10-9-16(13-22)15-5-3-2-4-6-15/h3-13,16-17,23H,14-15,18-19H2,1-2H3;2-8,11-12,16,23H,9-10,13H2,1H3. The molecule has 9 rings (SSSR count). The zero-order chi connectivity index (χ0) is 39.5. The smallest absolute Gasteiger partial charge is 0.175 e. The van der Waals surface area contributed by atoms with Gasteiger partial charge in [-0.3, -0.25) is 9.97 Å². The summed E-state index contributed by atoms with van der Waals surface area (Å²) in [6.07, 6.45) is 3.50. The van der Waals surface area contributed by atoms with Crippen LogP contribution in [0.15, 0.2) is 138 Å². The first kappa shape index (κ1) is 38.0. The van der Waals surface area contributed by atoms with Crippen molar-refractivity contribution in [2.24, 2.45) is 0 Å². The van der Waals surface area contributed by atoms with Crippen molar-refractivity contribution in [3.63, 3.8) is 0 Å². The average Bonchev–Trinajstić information content (AvgIpc) is 3.92. The molecule has 1 N–H and O–H groups in total. The molecule has 2 unspecified atom stereocenters. The van der Waals surface area contributed by atoms with Crippen molar-refractivity contribution < 1.29 is 18.3 Å². The molecule has 2 aliphatic rings. The molecule has 5 aromatic carbocycles. The topological polar surface area (TPSA) is 95.9 Å². The van der Waals surface area contributed by atoms with E-state index in [-0.39, 0.29) is 0 Å². The summed E-state index contributed by atoms with van der Waals surface area (Å²) >= 11 is 0. The summed E-state index contributed by atoms with van der Waals surface area (Å²) in [6, 6.07) is 44.0. The maximum atomic E-state index is 11.7. The van der Waals surface area contributed by atoms with E-state index in [1.54, 1.807) is 30.3 Å². The van der Waals surface area contributed by atoms with E-state index in [4.69, 9.17) is 9.72 Å². The number of aryl methyl sites for hydroxylation is 2. The maximum absolute atomic E-state index is 11.7. The zero-order valence-electron chi connectivity index (χ0n) is 32.7. The highest BCUT2D eigenvalue weighted by Crippen LogP contribution is 2.37. The molecule has 0 saturated carbocycles. The van der Waals surface area contributed by atoms with Gasteiger partial charge in [0, 0.05) is 77.8 Å². The van der Waals surface area contributed by atoms with Crippen LogP contribution in [0.2, 0.25) is 0 Å². The monoisotopic (exact) mass is 776 g/mol. The van der Waals surface area contributed by atoms with Crippen LogP contribution in [0.25, 0.3) is 21.8 Å². The van der Waals surface area contributed by atoms with Gasteiger partial charge in [0.2, 0.25) is 0 Å². The van der Waals surface area contributed by atoms with Gasteiger partial charge in [-0.2, -0.15) is 0 Å². The van der Waals surface area contributed by atoms with Gasteiger partial charge in [0.1, 0.15) is 18.1 Å². The largest absolute Gasteiger partial charge is 0.508 e. The van der Waals surface area contributed by atoms with Gasteiger partial charge in [0.15, 0.2) is 9.84 Å². The van der Waals surface area contributed by atoms with Crippen LogP contribution < -0.4 is 14.5 Å². The number of rotatable bonds is 8. The molecule has 0 radical (unpaired) electrons. The van der Waals surface area contributed by atoms with Gasteiger partial charge in [-0.15, -0.1) is 0 Å². The van der Waals surface area contributed by atoms with Crippen molar-refractivity contribution in [2.75, 3.05) is 42.2 Å². The summed E-state index contributed by atoms with van der Waals surface area (Å²) in [7, 11) is -3.20. The molecule has 8 nitrogen and oxygen atoms in total. The predicted octanol–water partition coefficient (Wildman–Crippen LogP) is 9.76. The molecule has 9 heteroatoms. The number of phenols is 1. The Morgan fingerprint density at radius 1 is 0.649 bits per heavy atom. The predicted molar refractivity (Wildman–Crippen MR) is 231 cm³/mol. The molecule has 57 heavy (non-hydrogen) atoms. The summed E-state index contributed by atoms with van der Waals surface area (Å²) in [5.41, 5.74) is 10.0. The Labute approximate surface area is 335 Å².